The van der Waals surface area contributed by atoms with Crippen molar-refractivity contribution in [3.8, 4) is 0 Å². The van der Waals surface area contributed by atoms with Gasteiger partial charge in [0.25, 0.3) is 0 Å². The number of hydrogen-bond acceptors (Lipinski definition) is 1. The lowest BCUT2D eigenvalue weighted by atomic mass is 9.97. The molecular weight excluding hydrogens is 170 g/mol. The van der Waals surface area contributed by atoms with Gasteiger partial charge in [-0.3, -0.25) is 0 Å². The van der Waals surface area contributed by atoms with E-state index in [1.165, 1.54) is 25.7 Å². The summed E-state index contributed by atoms with van der Waals surface area (Å²) in [6.07, 6.45) is 9.84. The second-order valence-electron chi connectivity index (χ2n) is 3.99. The minimum absolute atomic E-state index is 0.614. The molecule has 0 aliphatic rings. The summed E-state index contributed by atoms with van der Waals surface area (Å²) in [5.41, 5.74) is 0. The Balaban J connectivity index is 3.81. The van der Waals surface area contributed by atoms with Gasteiger partial charge in [-0.05, 0) is 32.2 Å². The molecule has 0 rings (SSSR count). The first kappa shape index (κ1) is 13.7. The van der Waals surface area contributed by atoms with E-state index in [9.17, 15) is 0 Å². The van der Waals surface area contributed by atoms with Gasteiger partial charge in [0.05, 0.1) is 0 Å². The molecule has 1 N–H and O–H groups in total. The van der Waals surface area contributed by atoms with E-state index in [-0.39, 0.29) is 0 Å². The number of rotatable bonds is 8. The molecule has 1 nitrogen and oxygen atoms in total. The highest BCUT2D eigenvalue weighted by molar-refractivity contribution is 4.92. The molecule has 84 valence electrons. The molecule has 0 aromatic heterocycles. The molecule has 0 aliphatic carbocycles. The topological polar surface area (TPSA) is 12.0 Å². The fourth-order valence-electron chi connectivity index (χ4n) is 1.72. The van der Waals surface area contributed by atoms with Gasteiger partial charge >= 0.3 is 0 Å². The van der Waals surface area contributed by atoms with Gasteiger partial charge in [-0.1, -0.05) is 45.8 Å². The fraction of sp³-hybridized carbons (Fsp3) is 0.846. The maximum absolute atomic E-state index is 3.49. The zero-order valence-electron chi connectivity index (χ0n) is 10.3. The minimum Gasteiger partial charge on any atom is -0.314 e. The van der Waals surface area contributed by atoms with E-state index in [0.29, 0.717) is 12.0 Å². The van der Waals surface area contributed by atoms with Gasteiger partial charge in [0.15, 0.2) is 0 Å². The van der Waals surface area contributed by atoms with Crippen LogP contribution in [0.1, 0.15) is 53.4 Å². The first-order chi connectivity index (χ1) is 6.76. The number of unbranched alkanes of at least 4 members (excludes halogenated alkanes) is 2. The second-order valence-corrected chi connectivity index (χ2v) is 3.99. The molecule has 0 aromatic carbocycles. The van der Waals surface area contributed by atoms with Crippen molar-refractivity contribution in [2.75, 3.05) is 6.54 Å². The van der Waals surface area contributed by atoms with E-state index in [2.05, 4.69) is 45.2 Å². The monoisotopic (exact) mass is 197 g/mol. The Labute approximate surface area is 90.0 Å². The maximum Gasteiger partial charge on any atom is 0.0101 e. The van der Waals surface area contributed by atoms with Crippen LogP contribution in [0.3, 0.4) is 0 Å². The van der Waals surface area contributed by atoms with Crippen molar-refractivity contribution in [3.05, 3.63) is 12.2 Å². The van der Waals surface area contributed by atoms with Gasteiger partial charge in [-0.15, -0.1) is 0 Å². The van der Waals surface area contributed by atoms with Gasteiger partial charge < -0.3 is 5.32 Å². The molecule has 0 saturated carbocycles. The van der Waals surface area contributed by atoms with E-state index in [1.807, 2.05) is 0 Å². The van der Waals surface area contributed by atoms with Crippen LogP contribution in [0, 0.1) is 5.92 Å². The largest absolute Gasteiger partial charge is 0.314 e. The highest BCUT2D eigenvalue weighted by atomic mass is 14.9. The lowest BCUT2D eigenvalue weighted by Gasteiger charge is -2.20. The molecule has 0 saturated heterocycles. The molecular formula is C13H27N. The summed E-state index contributed by atoms with van der Waals surface area (Å²) in [6, 6.07) is 0.614. The van der Waals surface area contributed by atoms with Crippen molar-refractivity contribution in [2.24, 2.45) is 5.92 Å². The number of hydrogen-bond donors (Lipinski definition) is 1. The predicted octanol–water partition coefficient (Wildman–Crippen LogP) is 3.76. The van der Waals surface area contributed by atoms with E-state index in [1.54, 1.807) is 0 Å². The summed E-state index contributed by atoms with van der Waals surface area (Å²) in [7, 11) is 0. The van der Waals surface area contributed by atoms with Crippen LogP contribution in [-0.4, -0.2) is 12.6 Å². The molecule has 0 radical (unpaired) electrons. The highest BCUT2D eigenvalue weighted by Gasteiger charge is 2.09. The van der Waals surface area contributed by atoms with Crippen LogP contribution in [0.25, 0.3) is 0 Å². The maximum atomic E-state index is 3.49. The van der Waals surface area contributed by atoms with Gasteiger partial charge in [-0.25, -0.2) is 0 Å². The first-order valence-electron chi connectivity index (χ1n) is 6.16. The number of nitrogens with one attached hydrogen (secondary N) is 1. The molecule has 1 unspecified atom stereocenters. The lowest BCUT2D eigenvalue weighted by Crippen LogP contribution is -2.32. The van der Waals surface area contributed by atoms with Crippen molar-refractivity contribution < 1.29 is 0 Å². The van der Waals surface area contributed by atoms with Crippen LogP contribution in [0.2, 0.25) is 0 Å². The Morgan fingerprint density at radius 1 is 1.21 bits per heavy atom. The van der Waals surface area contributed by atoms with Gasteiger partial charge in [0.2, 0.25) is 0 Å². The summed E-state index contributed by atoms with van der Waals surface area (Å²) in [6.45, 7) is 10.0. The van der Waals surface area contributed by atoms with Gasteiger partial charge in [0.1, 0.15) is 0 Å². The third-order valence-corrected chi connectivity index (χ3v) is 2.75. The molecule has 0 spiro atoms. The van der Waals surface area contributed by atoms with Crippen LogP contribution in [-0.2, 0) is 0 Å². The molecule has 0 aromatic rings. The molecule has 2 atom stereocenters. The third-order valence-electron chi connectivity index (χ3n) is 2.75. The minimum atomic E-state index is 0.614. The summed E-state index contributed by atoms with van der Waals surface area (Å²) in [4.78, 5) is 0. The van der Waals surface area contributed by atoms with E-state index >= 15 is 0 Å². The van der Waals surface area contributed by atoms with Crippen LogP contribution < -0.4 is 5.32 Å². The third kappa shape index (κ3) is 6.20. The van der Waals surface area contributed by atoms with Crippen LogP contribution >= 0.6 is 0 Å². The first-order valence-corrected chi connectivity index (χ1v) is 6.16. The summed E-state index contributed by atoms with van der Waals surface area (Å²) < 4.78 is 0. The SMILES string of the molecule is CCCC/C=C/C(CC)[C@H](C)NCC. The Kier molecular flexibility index (Phi) is 9.06. The molecule has 0 fully saturated rings. The van der Waals surface area contributed by atoms with Crippen molar-refractivity contribution in [1.82, 2.24) is 5.32 Å². The Bertz CT molecular complexity index is 140. The predicted molar refractivity (Wildman–Crippen MR) is 65.6 cm³/mol. The summed E-state index contributed by atoms with van der Waals surface area (Å²) in [5.74, 6) is 0.701. The quantitative estimate of drug-likeness (QED) is 0.461. The Morgan fingerprint density at radius 2 is 1.93 bits per heavy atom. The average molecular weight is 197 g/mol. The molecule has 0 aliphatic heterocycles. The Hall–Kier alpha value is -0.300. The standard InChI is InChI=1S/C13H27N/c1-5-8-9-10-11-13(6-2)12(4)14-7-3/h10-14H,5-9H2,1-4H3/b11-10+/t12-,13?/m0/s1. The van der Waals surface area contributed by atoms with Crippen molar-refractivity contribution in [1.29, 1.82) is 0 Å². The molecule has 1 heteroatoms. The van der Waals surface area contributed by atoms with E-state index < -0.39 is 0 Å². The molecule has 0 heterocycles. The summed E-state index contributed by atoms with van der Waals surface area (Å²) >= 11 is 0. The molecule has 14 heavy (non-hydrogen) atoms. The van der Waals surface area contributed by atoms with Gasteiger partial charge in [0, 0.05) is 6.04 Å². The molecule has 0 bridgehead atoms. The van der Waals surface area contributed by atoms with Crippen molar-refractivity contribution >= 4 is 0 Å². The zero-order chi connectivity index (χ0) is 10.8. The second kappa shape index (κ2) is 9.26. The van der Waals surface area contributed by atoms with Crippen molar-refractivity contribution in [3.63, 3.8) is 0 Å². The van der Waals surface area contributed by atoms with Crippen LogP contribution in [0.4, 0.5) is 0 Å². The smallest absolute Gasteiger partial charge is 0.0101 e. The van der Waals surface area contributed by atoms with Gasteiger partial charge in [-0.2, -0.15) is 0 Å². The molecule has 0 amide bonds. The lowest BCUT2D eigenvalue weighted by molar-refractivity contribution is 0.434. The average Bonchev–Trinajstić information content (AvgIpc) is 2.18. The highest BCUT2D eigenvalue weighted by Crippen LogP contribution is 2.11. The fourth-order valence-corrected chi connectivity index (χ4v) is 1.72. The van der Waals surface area contributed by atoms with E-state index in [4.69, 9.17) is 0 Å². The number of allylic oxidation sites excluding steroid dienone is 1. The summed E-state index contributed by atoms with van der Waals surface area (Å²) in [5, 5.41) is 3.49. The Morgan fingerprint density at radius 3 is 2.43 bits per heavy atom. The normalized spacial score (nSPS) is 16.0. The van der Waals surface area contributed by atoms with Crippen LogP contribution in [0.15, 0.2) is 12.2 Å². The zero-order valence-corrected chi connectivity index (χ0v) is 10.3. The van der Waals surface area contributed by atoms with E-state index in [0.717, 1.165) is 6.54 Å². The van der Waals surface area contributed by atoms with Crippen LogP contribution in [0.5, 0.6) is 0 Å². The van der Waals surface area contributed by atoms with Crippen molar-refractivity contribution in [2.45, 2.75) is 59.4 Å².